The minimum Gasteiger partial charge on any atom is -0.481 e. The number of aromatic nitrogens is 3. The smallest absolute Gasteiger partial charge is 0.303 e. The van der Waals surface area contributed by atoms with Crippen LogP contribution in [0.5, 0.6) is 11.6 Å². The van der Waals surface area contributed by atoms with Gasteiger partial charge >= 0.3 is 5.97 Å². The third-order valence-electron chi connectivity index (χ3n) is 7.09. The minimum absolute atomic E-state index is 0.228. The highest BCUT2D eigenvalue weighted by molar-refractivity contribution is 6.35. The van der Waals surface area contributed by atoms with Crippen LogP contribution in [0.1, 0.15) is 31.7 Å². The number of rotatable bonds is 8. The van der Waals surface area contributed by atoms with Crippen molar-refractivity contribution in [2.24, 2.45) is 5.92 Å². The molecular weight excluding hydrogens is 539 g/mol. The topological polar surface area (TPSA) is 104 Å². The van der Waals surface area contributed by atoms with Crippen molar-refractivity contribution >= 4 is 35.1 Å². The van der Waals surface area contributed by atoms with Gasteiger partial charge in [0, 0.05) is 60.3 Å². The molecule has 0 bridgehead atoms. The summed E-state index contributed by atoms with van der Waals surface area (Å²) in [6.45, 7) is 7.12. The van der Waals surface area contributed by atoms with Gasteiger partial charge in [-0.25, -0.2) is 15.0 Å². The van der Waals surface area contributed by atoms with Crippen molar-refractivity contribution in [3.63, 3.8) is 0 Å². The number of nitrogens with one attached hydrogen (secondary N) is 1. The van der Waals surface area contributed by atoms with E-state index in [1.165, 1.54) is 0 Å². The van der Waals surface area contributed by atoms with E-state index in [4.69, 9.17) is 38.0 Å². The first-order valence-corrected chi connectivity index (χ1v) is 14.0. The molecule has 2 saturated heterocycles. The number of ether oxygens (including phenoxy) is 1. The molecule has 2 N–H and O–H groups in total. The lowest BCUT2D eigenvalue weighted by Gasteiger charge is -2.31. The Morgan fingerprint density at radius 2 is 1.79 bits per heavy atom. The Kier molecular flexibility index (Phi) is 8.82. The van der Waals surface area contributed by atoms with Crippen LogP contribution in [-0.4, -0.2) is 69.7 Å². The SMILES string of the molecule is C[C@H]1CN(c2ncc(Oc3cc(CN4CCC(CC(=O)O)CC4)cc(-c4cc(Cl)cc(Cl)c4)n3)cn2)CCN1. The molecule has 0 radical (unpaired) electrons. The number of anilines is 1. The summed E-state index contributed by atoms with van der Waals surface area (Å²) in [7, 11) is 0. The highest BCUT2D eigenvalue weighted by Crippen LogP contribution is 2.31. The van der Waals surface area contributed by atoms with Gasteiger partial charge in [-0.15, -0.1) is 0 Å². The quantitative estimate of drug-likeness (QED) is 0.381. The van der Waals surface area contributed by atoms with Gasteiger partial charge in [-0.3, -0.25) is 9.69 Å². The number of hydrogen-bond donors (Lipinski definition) is 2. The molecule has 0 unspecified atom stereocenters. The Bertz CT molecular complexity index is 1280. The predicted octanol–water partition coefficient (Wildman–Crippen LogP) is 5.12. The van der Waals surface area contributed by atoms with E-state index in [9.17, 15) is 4.79 Å². The molecule has 2 fully saturated rings. The second-order valence-corrected chi connectivity index (χ2v) is 11.2. The van der Waals surface area contributed by atoms with Crippen molar-refractivity contribution < 1.29 is 14.6 Å². The molecule has 2 aliphatic heterocycles. The summed E-state index contributed by atoms with van der Waals surface area (Å²) in [4.78, 5) is 29.4. The van der Waals surface area contributed by atoms with Gasteiger partial charge in [-0.05, 0) is 68.6 Å². The number of carboxylic acid groups (broad SMARTS) is 1. The van der Waals surface area contributed by atoms with Crippen molar-refractivity contribution in [1.29, 1.82) is 0 Å². The summed E-state index contributed by atoms with van der Waals surface area (Å²) in [5, 5.41) is 13.6. The van der Waals surface area contributed by atoms with Crippen LogP contribution in [0.3, 0.4) is 0 Å². The largest absolute Gasteiger partial charge is 0.481 e. The lowest BCUT2D eigenvalue weighted by Crippen LogP contribution is -2.49. The molecule has 206 valence electrons. The van der Waals surface area contributed by atoms with Crippen LogP contribution >= 0.6 is 23.2 Å². The third kappa shape index (κ3) is 7.57. The number of pyridine rings is 1. The maximum Gasteiger partial charge on any atom is 0.303 e. The Hall–Kier alpha value is -2.98. The lowest BCUT2D eigenvalue weighted by atomic mass is 9.93. The molecule has 1 atom stereocenters. The maximum absolute atomic E-state index is 11.1. The zero-order valence-electron chi connectivity index (χ0n) is 21.8. The van der Waals surface area contributed by atoms with Gasteiger partial charge in [0.25, 0.3) is 0 Å². The highest BCUT2D eigenvalue weighted by atomic mass is 35.5. The normalized spacial score (nSPS) is 18.7. The van der Waals surface area contributed by atoms with Gasteiger partial charge < -0.3 is 20.1 Å². The molecule has 3 aromatic rings. The molecule has 4 heterocycles. The first kappa shape index (κ1) is 27.6. The van der Waals surface area contributed by atoms with E-state index in [0.29, 0.717) is 45.9 Å². The Morgan fingerprint density at radius 3 is 2.46 bits per heavy atom. The summed E-state index contributed by atoms with van der Waals surface area (Å²) >= 11 is 12.6. The number of piperidine rings is 1. The van der Waals surface area contributed by atoms with E-state index < -0.39 is 5.97 Å². The molecule has 9 nitrogen and oxygen atoms in total. The lowest BCUT2D eigenvalue weighted by molar-refractivity contribution is -0.138. The van der Waals surface area contributed by atoms with Crippen LogP contribution in [0, 0.1) is 5.92 Å². The van der Waals surface area contributed by atoms with Crippen LogP contribution in [0.15, 0.2) is 42.7 Å². The number of piperazine rings is 1. The molecule has 39 heavy (non-hydrogen) atoms. The van der Waals surface area contributed by atoms with Gasteiger partial charge in [-0.1, -0.05) is 23.2 Å². The van der Waals surface area contributed by atoms with Crippen molar-refractivity contribution in [1.82, 2.24) is 25.2 Å². The van der Waals surface area contributed by atoms with Crippen LogP contribution in [0.2, 0.25) is 10.0 Å². The number of carbonyl (C=O) groups is 1. The van der Waals surface area contributed by atoms with Crippen molar-refractivity contribution in [3.8, 4) is 22.9 Å². The van der Waals surface area contributed by atoms with Crippen LogP contribution in [-0.2, 0) is 11.3 Å². The van der Waals surface area contributed by atoms with Crippen molar-refractivity contribution in [2.45, 2.75) is 38.8 Å². The van der Waals surface area contributed by atoms with Gasteiger partial charge in [0.05, 0.1) is 18.1 Å². The fourth-order valence-corrected chi connectivity index (χ4v) is 5.69. The predicted molar refractivity (Wildman–Crippen MR) is 152 cm³/mol. The molecule has 1 aromatic carbocycles. The van der Waals surface area contributed by atoms with E-state index in [0.717, 1.165) is 56.7 Å². The fraction of sp³-hybridized carbons (Fsp3) is 0.429. The average molecular weight is 572 g/mol. The molecule has 0 saturated carbocycles. The molecule has 11 heteroatoms. The number of carboxylic acids is 1. The molecular formula is C28H32Cl2N6O3. The summed E-state index contributed by atoms with van der Waals surface area (Å²) in [5.74, 6) is 1.10. The molecule has 2 aromatic heterocycles. The number of likely N-dealkylation sites (tertiary alicyclic amines) is 1. The number of nitrogens with zero attached hydrogens (tertiary/aromatic N) is 5. The monoisotopic (exact) mass is 570 g/mol. The zero-order chi connectivity index (χ0) is 27.4. The molecule has 0 amide bonds. The van der Waals surface area contributed by atoms with Crippen LogP contribution in [0.25, 0.3) is 11.3 Å². The Labute approximate surface area is 238 Å². The number of halogens is 2. The Balaban J connectivity index is 1.35. The summed E-state index contributed by atoms with van der Waals surface area (Å²) < 4.78 is 6.14. The maximum atomic E-state index is 11.1. The molecule has 5 rings (SSSR count). The standard InChI is InChI=1S/C28H32Cl2N6O3/c1-18-16-36(7-4-31-18)28-32-14-24(15-33-28)39-26-9-20(17-35-5-2-19(3-6-35)10-27(37)38)8-25(34-26)21-11-22(29)13-23(30)12-21/h8-9,11-15,18-19,31H,2-7,10,16-17H2,1H3,(H,37,38)/t18-/m0/s1. The number of benzene rings is 1. The molecule has 0 aliphatic carbocycles. The highest BCUT2D eigenvalue weighted by Gasteiger charge is 2.22. The van der Waals surface area contributed by atoms with E-state index in [1.54, 1.807) is 18.5 Å². The minimum atomic E-state index is -0.728. The van der Waals surface area contributed by atoms with E-state index in [1.807, 2.05) is 24.3 Å². The Morgan fingerprint density at radius 1 is 1.08 bits per heavy atom. The van der Waals surface area contributed by atoms with Crippen LogP contribution in [0.4, 0.5) is 5.95 Å². The molecule has 2 aliphatic rings. The van der Waals surface area contributed by atoms with E-state index in [2.05, 4.69) is 32.0 Å². The summed E-state index contributed by atoms with van der Waals surface area (Å²) in [5.41, 5.74) is 2.51. The second kappa shape index (κ2) is 12.5. The zero-order valence-corrected chi connectivity index (χ0v) is 23.3. The van der Waals surface area contributed by atoms with Crippen LogP contribution < -0.4 is 15.0 Å². The van der Waals surface area contributed by atoms with Gasteiger partial charge in [0.15, 0.2) is 5.75 Å². The summed E-state index contributed by atoms with van der Waals surface area (Å²) in [6, 6.07) is 9.66. The second-order valence-electron chi connectivity index (χ2n) is 10.3. The summed E-state index contributed by atoms with van der Waals surface area (Å²) in [6.07, 6.45) is 5.31. The van der Waals surface area contributed by atoms with E-state index in [-0.39, 0.29) is 12.3 Å². The van der Waals surface area contributed by atoms with Gasteiger partial charge in [0.1, 0.15) is 0 Å². The van der Waals surface area contributed by atoms with E-state index >= 15 is 0 Å². The third-order valence-corrected chi connectivity index (χ3v) is 7.52. The van der Waals surface area contributed by atoms with Gasteiger partial charge in [0.2, 0.25) is 11.8 Å². The van der Waals surface area contributed by atoms with Crippen molar-refractivity contribution in [3.05, 3.63) is 58.3 Å². The number of aliphatic carboxylic acids is 1. The molecule has 0 spiro atoms. The first-order chi connectivity index (χ1) is 18.8. The first-order valence-electron chi connectivity index (χ1n) is 13.2. The van der Waals surface area contributed by atoms with Gasteiger partial charge in [-0.2, -0.15) is 0 Å². The number of hydrogen-bond acceptors (Lipinski definition) is 8. The average Bonchev–Trinajstić information content (AvgIpc) is 2.89. The van der Waals surface area contributed by atoms with Crippen molar-refractivity contribution in [2.75, 3.05) is 37.6 Å². The fourth-order valence-electron chi connectivity index (χ4n) is 5.17.